The van der Waals surface area contributed by atoms with Crippen molar-refractivity contribution in [2.24, 2.45) is 5.92 Å². The number of para-hydroxylation sites is 1. The summed E-state index contributed by atoms with van der Waals surface area (Å²) in [6.45, 7) is 8.65. The lowest BCUT2D eigenvalue weighted by molar-refractivity contribution is 0.186. The van der Waals surface area contributed by atoms with E-state index < -0.39 is 0 Å². The third kappa shape index (κ3) is 2.44. The minimum absolute atomic E-state index is 0.300. The van der Waals surface area contributed by atoms with E-state index in [0.29, 0.717) is 24.3 Å². The van der Waals surface area contributed by atoms with Gasteiger partial charge in [-0.25, -0.2) is 0 Å². The number of ether oxygens (including phenoxy) is 1. The topological polar surface area (TPSA) is 23.9 Å². The van der Waals surface area contributed by atoms with Crippen molar-refractivity contribution in [3.05, 3.63) is 40.5 Å². The van der Waals surface area contributed by atoms with Crippen LogP contribution in [0.4, 0.5) is 0 Å². The lowest BCUT2D eigenvalue weighted by Crippen LogP contribution is -2.45. The molecule has 5 heteroatoms. The van der Waals surface area contributed by atoms with Gasteiger partial charge in [0.05, 0.1) is 11.6 Å². The van der Waals surface area contributed by atoms with Gasteiger partial charge in [-0.05, 0) is 41.6 Å². The van der Waals surface area contributed by atoms with E-state index in [1.165, 1.54) is 26.5 Å². The lowest BCUT2D eigenvalue weighted by Gasteiger charge is -2.40. The SMILES string of the molecule is CCN(CC)C1OC1[C@@H]1C=C2c3cccc4c(Br)cn(c34)C[C@H]2N(C)C1. The van der Waals surface area contributed by atoms with Gasteiger partial charge in [0.2, 0.25) is 0 Å². The minimum atomic E-state index is 0.300. The zero-order chi connectivity index (χ0) is 18.0. The summed E-state index contributed by atoms with van der Waals surface area (Å²) in [5.74, 6) is 0.469. The maximum absolute atomic E-state index is 6.12. The molecule has 0 amide bonds. The van der Waals surface area contributed by atoms with Crippen LogP contribution in [0.1, 0.15) is 19.4 Å². The van der Waals surface area contributed by atoms with Gasteiger partial charge in [0.25, 0.3) is 0 Å². The fraction of sp³-hybridized carbons (Fsp3) is 0.524. The predicted molar refractivity (Wildman–Crippen MR) is 109 cm³/mol. The average molecular weight is 416 g/mol. The molecule has 0 N–H and O–H groups in total. The Hall–Kier alpha value is -1.14. The number of rotatable bonds is 4. The number of fused-ring (bicyclic) bond motifs is 2. The van der Waals surface area contributed by atoms with Crippen molar-refractivity contribution < 1.29 is 4.74 Å². The van der Waals surface area contributed by atoms with Crippen molar-refractivity contribution in [1.82, 2.24) is 14.4 Å². The molecule has 26 heavy (non-hydrogen) atoms. The first-order valence-electron chi connectivity index (χ1n) is 9.71. The summed E-state index contributed by atoms with van der Waals surface area (Å²) in [6.07, 6.45) is 5.41. The Bertz CT molecular complexity index is 885. The molecule has 0 radical (unpaired) electrons. The van der Waals surface area contributed by atoms with E-state index in [0.717, 1.165) is 26.2 Å². The van der Waals surface area contributed by atoms with Gasteiger partial charge in [-0.3, -0.25) is 9.80 Å². The van der Waals surface area contributed by atoms with Gasteiger partial charge in [-0.1, -0.05) is 38.1 Å². The normalized spacial score (nSPS) is 30.6. The molecule has 2 unspecified atom stereocenters. The summed E-state index contributed by atoms with van der Waals surface area (Å²) in [6, 6.07) is 7.14. The van der Waals surface area contributed by atoms with E-state index in [1.54, 1.807) is 0 Å². The lowest BCUT2D eigenvalue weighted by atomic mass is 9.85. The Labute approximate surface area is 163 Å². The molecule has 0 bridgehead atoms. The van der Waals surface area contributed by atoms with Crippen LogP contribution in [0.15, 0.2) is 34.9 Å². The zero-order valence-electron chi connectivity index (χ0n) is 15.7. The maximum Gasteiger partial charge on any atom is 0.138 e. The van der Waals surface area contributed by atoms with Crippen LogP contribution in [0.5, 0.6) is 0 Å². The minimum Gasteiger partial charge on any atom is -0.352 e. The largest absolute Gasteiger partial charge is 0.352 e. The maximum atomic E-state index is 6.12. The number of hydrogen-bond acceptors (Lipinski definition) is 3. The molecule has 4 heterocycles. The van der Waals surface area contributed by atoms with Crippen LogP contribution in [0.25, 0.3) is 16.5 Å². The third-order valence-electron chi connectivity index (χ3n) is 6.41. The van der Waals surface area contributed by atoms with Crippen molar-refractivity contribution in [3.63, 3.8) is 0 Å². The Balaban J connectivity index is 1.54. The highest BCUT2D eigenvalue weighted by Gasteiger charge is 2.49. The first kappa shape index (κ1) is 17.0. The molecule has 0 aliphatic carbocycles. The summed E-state index contributed by atoms with van der Waals surface area (Å²) in [7, 11) is 2.27. The molecular weight excluding hydrogens is 390 g/mol. The van der Waals surface area contributed by atoms with Crippen LogP contribution < -0.4 is 0 Å². The van der Waals surface area contributed by atoms with Crippen LogP contribution >= 0.6 is 15.9 Å². The molecule has 1 saturated heterocycles. The van der Waals surface area contributed by atoms with Crippen molar-refractivity contribution in [3.8, 4) is 0 Å². The molecule has 1 aromatic carbocycles. The van der Waals surface area contributed by atoms with Crippen molar-refractivity contribution in [1.29, 1.82) is 0 Å². The third-order valence-corrected chi connectivity index (χ3v) is 7.04. The van der Waals surface area contributed by atoms with E-state index in [2.05, 4.69) is 81.7 Å². The summed E-state index contributed by atoms with van der Waals surface area (Å²) < 4.78 is 9.73. The Morgan fingerprint density at radius 2 is 2.04 bits per heavy atom. The molecule has 4 atom stereocenters. The predicted octanol–water partition coefficient (Wildman–Crippen LogP) is 3.80. The monoisotopic (exact) mass is 415 g/mol. The number of benzene rings is 1. The average Bonchev–Trinajstić information content (AvgIpc) is 3.36. The van der Waals surface area contributed by atoms with Gasteiger partial charge in [0.1, 0.15) is 12.3 Å². The molecule has 5 rings (SSSR count). The van der Waals surface area contributed by atoms with Crippen LogP contribution in [0, 0.1) is 5.92 Å². The van der Waals surface area contributed by atoms with E-state index in [4.69, 9.17) is 4.74 Å². The number of epoxide rings is 1. The number of hydrogen-bond donors (Lipinski definition) is 0. The fourth-order valence-corrected chi connectivity index (χ4v) is 5.55. The molecule has 138 valence electrons. The molecule has 0 saturated carbocycles. The molecule has 4 nitrogen and oxygen atoms in total. The van der Waals surface area contributed by atoms with E-state index in [1.807, 2.05) is 0 Å². The highest BCUT2D eigenvalue weighted by atomic mass is 79.9. The fourth-order valence-electron chi connectivity index (χ4n) is 4.98. The number of nitrogens with zero attached hydrogens (tertiary/aromatic N) is 3. The summed E-state index contributed by atoms with van der Waals surface area (Å²) >= 11 is 3.74. The molecule has 3 aliphatic heterocycles. The summed E-state index contributed by atoms with van der Waals surface area (Å²) in [4.78, 5) is 4.95. The standard InChI is InChI=1S/C21H26BrN3O/c1-4-24(5-2)21-20(26-21)13-9-16-14-7-6-8-15-17(22)11-25(19(14)15)12-18(16)23(3)10-13/h6-9,11,13,18,20-21H,4-5,10,12H2,1-3H3/t13-,18-,20?,21?/m1/s1. The van der Waals surface area contributed by atoms with E-state index in [9.17, 15) is 0 Å². The molecular formula is C21H26BrN3O. The second-order valence-corrected chi connectivity index (χ2v) is 8.64. The zero-order valence-corrected chi connectivity index (χ0v) is 17.2. The van der Waals surface area contributed by atoms with Crippen LogP contribution in [0.2, 0.25) is 0 Å². The first-order chi connectivity index (χ1) is 12.6. The highest BCUT2D eigenvalue weighted by molar-refractivity contribution is 9.10. The van der Waals surface area contributed by atoms with Crippen LogP contribution in [0.3, 0.4) is 0 Å². The second kappa shape index (κ2) is 6.20. The molecule has 3 aliphatic rings. The van der Waals surface area contributed by atoms with E-state index >= 15 is 0 Å². The van der Waals surface area contributed by atoms with E-state index in [-0.39, 0.29) is 0 Å². The smallest absolute Gasteiger partial charge is 0.138 e. The quantitative estimate of drug-likeness (QED) is 0.709. The molecule has 1 aromatic heterocycles. The van der Waals surface area contributed by atoms with Crippen molar-refractivity contribution >= 4 is 32.4 Å². The van der Waals surface area contributed by atoms with Gasteiger partial charge in [-0.15, -0.1) is 0 Å². The number of halogens is 1. The second-order valence-electron chi connectivity index (χ2n) is 7.78. The molecule has 2 aromatic rings. The Morgan fingerprint density at radius 3 is 2.81 bits per heavy atom. The molecule has 0 spiro atoms. The van der Waals surface area contributed by atoms with Gasteiger partial charge in [0, 0.05) is 40.6 Å². The summed E-state index contributed by atoms with van der Waals surface area (Å²) in [5.41, 5.74) is 4.25. The Morgan fingerprint density at radius 1 is 1.23 bits per heavy atom. The van der Waals surface area contributed by atoms with Gasteiger partial charge in [0.15, 0.2) is 0 Å². The molecule has 1 fully saturated rings. The number of aromatic nitrogens is 1. The van der Waals surface area contributed by atoms with Crippen molar-refractivity contribution in [2.45, 2.75) is 38.8 Å². The highest BCUT2D eigenvalue weighted by Crippen LogP contribution is 2.44. The van der Waals surface area contributed by atoms with Crippen LogP contribution in [-0.2, 0) is 11.3 Å². The number of likely N-dealkylation sites (N-methyl/N-ethyl adjacent to an activating group) is 2. The van der Waals surface area contributed by atoms with Crippen LogP contribution in [-0.4, -0.2) is 59.4 Å². The van der Waals surface area contributed by atoms with Crippen molar-refractivity contribution in [2.75, 3.05) is 26.7 Å². The summed E-state index contributed by atoms with van der Waals surface area (Å²) in [5, 5.41) is 1.32. The van der Waals surface area contributed by atoms with Gasteiger partial charge < -0.3 is 9.30 Å². The Kier molecular flexibility index (Phi) is 4.05. The van der Waals surface area contributed by atoms with Gasteiger partial charge >= 0.3 is 0 Å². The first-order valence-corrected chi connectivity index (χ1v) is 10.5. The van der Waals surface area contributed by atoms with Gasteiger partial charge in [-0.2, -0.15) is 0 Å².